The van der Waals surface area contributed by atoms with E-state index in [1.54, 1.807) is 0 Å². The highest BCUT2D eigenvalue weighted by atomic mass is 16.5. The first-order valence-electron chi connectivity index (χ1n) is 7.52. The van der Waals surface area contributed by atoms with Gasteiger partial charge in [-0.25, -0.2) is 0 Å². The number of Topliss-reactive ketones (excluding diaryl/α,β-unsaturated/α-hetero) is 1. The zero-order valence-corrected chi connectivity index (χ0v) is 11.4. The first-order valence-corrected chi connectivity index (χ1v) is 7.52. The van der Waals surface area contributed by atoms with E-state index in [0.29, 0.717) is 0 Å². The summed E-state index contributed by atoms with van der Waals surface area (Å²) in [6, 6.07) is 0. The summed E-state index contributed by atoms with van der Waals surface area (Å²) >= 11 is 0. The van der Waals surface area contributed by atoms with Gasteiger partial charge in [0, 0.05) is 13.2 Å². The quantitative estimate of drug-likeness (QED) is 0.718. The van der Waals surface area contributed by atoms with E-state index in [2.05, 4.69) is 12.2 Å². The lowest BCUT2D eigenvalue weighted by Gasteiger charge is -2.18. The number of ketones is 1. The van der Waals surface area contributed by atoms with Gasteiger partial charge in [-0.15, -0.1) is 0 Å². The van der Waals surface area contributed by atoms with Crippen LogP contribution >= 0.6 is 0 Å². The van der Waals surface area contributed by atoms with Gasteiger partial charge in [0.2, 0.25) is 0 Å². The Kier molecular flexibility index (Phi) is 4.14. The summed E-state index contributed by atoms with van der Waals surface area (Å²) in [5.74, 6) is 0.234. The minimum absolute atomic E-state index is 0.168. The Labute approximate surface area is 114 Å². The Morgan fingerprint density at radius 3 is 1.79 bits per heavy atom. The Hall–Kier alpha value is -0.930. The number of carbonyl (C=O) groups is 1. The first kappa shape index (κ1) is 13.1. The molecule has 3 aliphatic rings. The molecule has 3 nitrogen and oxygen atoms in total. The topological polar surface area (TPSA) is 35.5 Å². The van der Waals surface area contributed by atoms with Crippen molar-refractivity contribution in [1.29, 1.82) is 0 Å². The van der Waals surface area contributed by atoms with E-state index in [1.807, 2.05) is 0 Å². The predicted octanol–water partition coefficient (Wildman–Crippen LogP) is 2.95. The third-order valence-corrected chi connectivity index (χ3v) is 4.18. The largest absolute Gasteiger partial charge is 0.374 e. The smallest absolute Gasteiger partial charge is 0.184 e. The lowest BCUT2D eigenvalue weighted by molar-refractivity contribution is -0.113. The third kappa shape index (κ3) is 3.15. The molecule has 2 saturated heterocycles. The zero-order valence-electron chi connectivity index (χ0n) is 11.4. The van der Waals surface area contributed by atoms with E-state index in [9.17, 15) is 4.79 Å². The second-order valence-corrected chi connectivity index (χ2v) is 5.67. The van der Waals surface area contributed by atoms with Crippen LogP contribution in [0.1, 0.15) is 44.9 Å². The van der Waals surface area contributed by atoms with Crippen LogP contribution in [0.15, 0.2) is 23.3 Å². The van der Waals surface area contributed by atoms with Gasteiger partial charge in [0.1, 0.15) is 0 Å². The van der Waals surface area contributed by atoms with Gasteiger partial charge in [-0.2, -0.15) is 0 Å². The average molecular weight is 262 g/mol. The molecular formula is C16H22O3. The molecular weight excluding hydrogens is 240 g/mol. The number of hydrogen-bond donors (Lipinski definition) is 0. The molecule has 3 heteroatoms. The van der Waals surface area contributed by atoms with Crippen LogP contribution in [-0.2, 0) is 14.3 Å². The molecule has 1 saturated carbocycles. The van der Waals surface area contributed by atoms with Crippen LogP contribution in [0.25, 0.3) is 0 Å². The number of ether oxygens (including phenoxy) is 2. The minimum atomic E-state index is 0.168. The molecule has 0 spiro atoms. The van der Waals surface area contributed by atoms with Gasteiger partial charge in [0.05, 0.1) is 12.2 Å². The van der Waals surface area contributed by atoms with Crippen LogP contribution < -0.4 is 0 Å². The lowest BCUT2D eigenvalue weighted by atomic mass is 9.87. The molecule has 0 aromatic rings. The number of allylic oxidation sites excluding steroid dienone is 2. The normalized spacial score (nSPS) is 36.5. The van der Waals surface area contributed by atoms with Gasteiger partial charge in [0.15, 0.2) is 5.78 Å². The summed E-state index contributed by atoms with van der Waals surface area (Å²) in [6.45, 7) is 1.67. The standard InChI is InChI=1S/C16H22O3/c17-16-12(10-14-6-2-8-18-14)4-1-5-13(16)11-15-7-3-9-19-15/h10-11,14-15H,1-9H2/b12-10+,13-11+/t14-,15+. The van der Waals surface area contributed by atoms with Crippen molar-refractivity contribution in [2.75, 3.05) is 13.2 Å². The van der Waals surface area contributed by atoms with E-state index >= 15 is 0 Å². The number of hydrogen-bond acceptors (Lipinski definition) is 3. The molecule has 2 heterocycles. The fourth-order valence-electron chi connectivity index (χ4n) is 3.14. The molecule has 3 rings (SSSR count). The van der Waals surface area contributed by atoms with Gasteiger partial charge in [-0.05, 0) is 68.2 Å². The molecule has 0 aromatic heterocycles. The first-order chi connectivity index (χ1) is 9.33. The zero-order chi connectivity index (χ0) is 13.1. The van der Waals surface area contributed by atoms with Gasteiger partial charge in [0.25, 0.3) is 0 Å². The molecule has 2 aliphatic heterocycles. The van der Waals surface area contributed by atoms with Gasteiger partial charge in [-0.3, -0.25) is 4.79 Å². The van der Waals surface area contributed by atoms with E-state index in [4.69, 9.17) is 9.47 Å². The maximum Gasteiger partial charge on any atom is 0.184 e. The molecule has 1 aliphatic carbocycles. The monoisotopic (exact) mass is 262 g/mol. The minimum Gasteiger partial charge on any atom is -0.374 e. The third-order valence-electron chi connectivity index (χ3n) is 4.18. The van der Waals surface area contributed by atoms with Gasteiger partial charge >= 0.3 is 0 Å². The predicted molar refractivity (Wildman–Crippen MR) is 73.0 cm³/mol. The van der Waals surface area contributed by atoms with Crippen LogP contribution in [-0.4, -0.2) is 31.2 Å². The Bertz CT molecular complexity index is 360. The SMILES string of the molecule is O=C1/C(=C/[C@@H]2CCCO2)CCC/C1=C\[C@H]1CCCO1. The van der Waals surface area contributed by atoms with Crippen LogP contribution in [0.4, 0.5) is 0 Å². The molecule has 0 aromatic carbocycles. The van der Waals surface area contributed by atoms with Crippen LogP contribution in [0.5, 0.6) is 0 Å². The molecule has 0 bridgehead atoms. The lowest BCUT2D eigenvalue weighted by Crippen LogP contribution is -2.17. The molecule has 3 fully saturated rings. The van der Waals surface area contributed by atoms with Crippen LogP contribution in [0.3, 0.4) is 0 Å². The van der Waals surface area contributed by atoms with Crippen LogP contribution in [0, 0.1) is 0 Å². The Balaban J connectivity index is 1.71. The molecule has 19 heavy (non-hydrogen) atoms. The van der Waals surface area contributed by atoms with E-state index in [1.165, 1.54) is 0 Å². The highest BCUT2D eigenvalue weighted by Gasteiger charge is 2.24. The molecule has 0 N–H and O–H groups in total. The second kappa shape index (κ2) is 6.02. The van der Waals surface area contributed by atoms with Crippen molar-refractivity contribution in [3.8, 4) is 0 Å². The highest BCUT2D eigenvalue weighted by molar-refractivity contribution is 6.09. The number of rotatable bonds is 2. The highest BCUT2D eigenvalue weighted by Crippen LogP contribution is 2.28. The van der Waals surface area contributed by atoms with Crippen molar-refractivity contribution in [3.05, 3.63) is 23.3 Å². The van der Waals surface area contributed by atoms with Crippen molar-refractivity contribution in [2.24, 2.45) is 0 Å². The summed E-state index contributed by atoms with van der Waals surface area (Å²) in [5.41, 5.74) is 1.92. The molecule has 0 radical (unpaired) electrons. The number of carbonyl (C=O) groups excluding carboxylic acids is 1. The molecule has 104 valence electrons. The van der Waals surface area contributed by atoms with Gasteiger partial charge in [-0.1, -0.05) is 0 Å². The average Bonchev–Trinajstić information content (AvgIpc) is 3.07. The van der Waals surface area contributed by atoms with E-state index in [-0.39, 0.29) is 18.0 Å². The van der Waals surface area contributed by atoms with Gasteiger partial charge < -0.3 is 9.47 Å². The van der Waals surface area contributed by atoms with Crippen molar-refractivity contribution in [1.82, 2.24) is 0 Å². The summed E-state index contributed by atoms with van der Waals surface area (Å²) in [7, 11) is 0. The fourth-order valence-corrected chi connectivity index (χ4v) is 3.14. The molecule has 0 unspecified atom stereocenters. The van der Waals surface area contributed by atoms with E-state index in [0.717, 1.165) is 69.3 Å². The van der Waals surface area contributed by atoms with Crippen molar-refractivity contribution in [2.45, 2.75) is 57.2 Å². The van der Waals surface area contributed by atoms with Crippen molar-refractivity contribution in [3.63, 3.8) is 0 Å². The molecule has 2 atom stereocenters. The van der Waals surface area contributed by atoms with E-state index < -0.39 is 0 Å². The maximum atomic E-state index is 12.5. The summed E-state index contributed by atoms with van der Waals surface area (Å²) in [5, 5.41) is 0. The Morgan fingerprint density at radius 2 is 1.37 bits per heavy atom. The van der Waals surface area contributed by atoms with Crippen molar-refractivity contribution < 1.29 is 14.3 Å². The summed E-state index contributed by atoms with van der Waals surface area (Å²) in [6.07, 6.45) is 11.7. The Morgan fingerprint density at radius 1 is 0.842 bits per heavy atom. The maximum absolute atomic E-state index is 12.5. The second-order valence-electron chi connectivity index (χ2n) is 5.67. The van der Waals surface area contributed by atoms with Crippen LogP contribution in [0.2, 0.25) is 0 Å². The fraction of sp³-hybridized carbons (Fsp3) is 0.688. The summed E-state index contributed by atoms with van der Waals surface area (Å²) < 4.78 is 11.2. The van der Waals surface area contributed by atoms with Crippen molar-refractivity contribution >= 4 is 5.78 Å². The summed E-state index contributed by atoms with van der Waals surface area (Å²) in [4.78, 5) is 12.5. The molecule has 0 amide bonds.